The van der Waals surface area contributed by atoms with E-state index >= 15 is 0 Å². The molecular weight excluding hydrogens is 208 g/mol. The molecule has 0 aromatic heterocycles. The van der Waals surface area contributed by atoms with Gasteiger partial charge < -0.3 is 4.74 Å². The van der Waals surface area contributed by atoms with Crippen LogP contribution >= 0.6 is 12.6 Å². The van der Waals surface area contributed by atoms with E-state index in [0.29, 0.717) is 18.1 Å². The highest BCUT2D eigenvalue weighted by Crippen LogP contribution is 2.29. The Bertz CT molecular complexity index is 383. The lowest BCUT2D eigenvalue weighted by atomic mass is 10.1. The number of aryl methyl sites for hydroxylation is 1. The van der Waals surface area contributed by atoms with Crippen LogP contribution in [0.2, 0.25) is 0 Å². The highest BCUT2D eigenvalue weighted by Gasteiger charge is 2.23. The van der Waals surface area contributed by atoms with Crippen molar-refractivity contribution >= 4 is 18.6 Å². The summed E-state index contributed by atoms with van der Waals surface area (Å²) in [6.45, 7) is 2.47. The predicted molar refractivity (Wildman–Crippen MR) is 61.4 cm³/mol. The summed E-state index contributed by atoms with van der Waals surface area (Å²) in [7, 11) is 0. The number of benzene rings is 1. The maximum Gasteiger partial charge on any atom is 0.338 e. The standard InChI is InChI=1S/C12H14O2S/c1-8-2-5-10(15)6-11(8)12(13)14-7-9-3-4-9/h2,5-6,9,15H,3-4,7H2,1H3. The Morgan fingerprint density at radius 2 is 2.27 bits per heavy atom. The zero-order valence-electron chi connectivity index (χ0n) is 8.69. The summed E-state index contributed by atoms with van der Waals surface area (Å²) < 4.78 is 5.21. The summed E-state index contributed by atoms with van der Waals surface area (Å²) in [5.41, 5.74) is 1.57. The quantitative estimate of drug-likeness (QED) is 0.628. The van der Waals surface area contributed by atoms with E-state index in [1.807, 2.05) is 19.1 Å². The minimum absolute atomic E-state index is 0.227. The smallest absolute Gasteiger partial charge is 0.338 e. The first-order valence-electron chi connectivity index (χ1n) is 5.13. The highest BCUT2D eigenvalue weighted by atomic mass is 32.1. The number of hydrogen-bond donors (Lipinski definition) is 1. The van der Waals surface area contributed by atoms with Crippen molar-refractivity contribution in [2.24, 2.45) is 5.92 Å². The largest absolute Gasteiger partial charge is 0.462 e. The van der Waals surface area contributed by atoms with Gasteiger partial charge in [0.25, 0.3) is 0 Å². The van der Waals surface area contributed by atoms with Crippen LogP contribution < -0.4 is 0 Å². The summed E-state index contributed by atoms with van der Waals surface area (Å²) in [5, 5.41) is 0. The summed E-state index contributed by atoms with van der Waals surface area (Å²) in [4.78, 5) is 12.5. The fourth-order valence-electron chi connectivity index (χ4n) is 1.39. The summed E-state index contributed by atoms with van der Waals surface area (Å²) in [6.07, 6.45) is 2.39. The van der Waals surface area contributed by atoms with Gasteiger partial charge in [0.15, 0.2) is 0 Å². The van der Waals surface area contributed by atoms with E-state index in [2.05, 4.69) is 12.6 Å². The maximum atomic E-state index is 11.7. The van der Waals surface area contributed by atoms with Gasteiger partial charge in [0.05, 0.1) is 12.2 Å². The normalized spacial score (nSPS) is 15.1. The molecule has 1 aliphatic carbocycles. The van der Waals surface area contributed by atoms with Crippen molar-refractivity contribution in [2.75, 3.05) is 6.61 Å². The minimum Gasteiger partial charge on any atom is -0.462 e. The lowest BCUT2D eigenvalue weighted by Gasteiger charge is -2.06. The highest BCUT2D eigenvalue weighted by molar-refractivity contribution is 7.80. The number of thiol groups is 1. The third-order valence-corrected chi connectivity index (χ3v) is 2.87. The van der Waals surface area contributed by atoms with Crippen LogP contribution in [0.3, 0.4) is 0 Å². The van der Waals surface area contributed by atoms with Crippen LogP contribution in [0.4, 0.5) is 0 Å². The monoisotopic (exact) mass is 222 g/mol. The van der Waals surface area contributed by atoms with Gasteiger partial charge in [-0.25, -0.2) is 4.79 Å². The molecule has 3 heteroatoms. The molecule has 2 nitrogen and oxygen atoms in total. The lowest BCUT2D eigenvalue weighted by Crippen LogP contribution is -2.09. The third-order valence-electron chi connectivity index (χ3n) is 2.59. The molecule has 2 rings (SSSR count). The Labute approximate surface area is 95.0 Å². The molecule has 0 aliphatic heterocycles. The molecule has 1 aromatic carbocycles. The van der Waals surface area contributed by atoms with Crippen molar-refractivity contribution < 1.29 is 9.53 Å². The number of hydrogen-bond acceptors (Lipinski definition) is 3. The molecule has 1 aromatic rings. The molecule has 0 bridgehead atoms. The molecule has 0 radical (unpaired) electrons. The van der Waals surface area contributed by atoms with Gasteiger partial charge in [-0.15, -0.1) is 12.6 Å². The Balaban J connectivity index is 2.05. The average molecular weight is 222 g/mol. The van der Waals surface area contributed by atoms with Gasteiger partial charge in [0.1, 0.15) is 0 Å². The second kappa shape index (κ2) is 4.27. The lowest BCUT2D eigenvalue weighted by molar-refractivity contribution is 0.0485. The molecule has 0 unspecified atom stereocenters. The first-order chi connectivity index (χ1) is 7.16. The van der Waals surface area contributed by atoms with Crippen LogP contribution in [-0.2, 0) is 4.74 Å². The average Bonchev–Trinajstić information content (AvgIpc) is 3.02. The minimum atomic E-state index is -0.227. The van der Waals surface area contributed by atoms with E-state index < -0.39 is 0 Å². The van der Waals surface area contributed by atoms with Crippen molar-refractivity contribution in [3.8, 4) is 0 Å². The molecule has 1 aliphatic rings. The van der Waals surface area contributed by atoms with Gasteiger partial charge in [-0.3, -0.25) is 0 Å². The third kappa shape index (κ3) is 2.75. The van der Waals surface area contributed by atoms with Crippen molar-refractivity contribution in [2.45, 2.75) is 24.7 Å². The van der Waals surface area contributed by atoms with Crippen LogP contribution in [0.15, 0.2) is 23.1 Å². The summed E-state index contributed by atoms with van der Waals surface area (Å²) in [5.74, 6) is 0.378. The first-order valence-corrected chi connectivity index (χ1v) is 5.58. The Morgan fingerprint density at radius 3 is 2.93 bits per heavy atom. The molecule has 0 saturated heterocycles. The molecule has 1 fully saturated rings. The predicted octanol–water partition coefficient (Wildman–Crippen LogP) is 2.85. The number of carbonyl (C=O) groups excluding carboxylic acids is 1. The SMILES string of the molecule is Cc1ccc(S)cc1C(=O)OCC1CC1. The molecule has 0 N–H and O–H groups in total. The van der Waals surface area contributed by atoms with E-state index in [1.54, 1.807) is 6.07 Å². The van der Waals surface area contributed by atoms with Crippen molar-refractivity contribution in [3.05, 3.63) is 29.3 Å². The number of ether oxygens (including phenoxy) is 1. The Kier molecular flexibility index (Phi) is 3.00. The fraction of sp³-hybridized carbons (Fsp3) is 0.417. The summed E-state index contributed by atoms with van der Waals surface area (Å²) >= 11 is 4.21. The van der Waals surface area contributed by atoms with Crippen molar-refractivity contribution in [1.29, 1.82) is 0 Å². The molecule has 0 spiro atoms. The van der Waals surface area contributed by atoms with Gasteiger partial charge in [0.2, 0.25) is 0 Å². The van der Waals surface area contributed by atoms with E-state index in [-0.39, 0.29) is 5.97 Å². The van der Waals surface area contributed by atoms with E-state index in [1.165, 1.54) is 12.8 Å². The van der Waals surface area contributed by atoms with Crippen molar-refractivity contribution in [3.63, 3.8) is 0 Å². The number of esters is 1. The molecule has 0 atom stereocenters. The zero-order valence-corrected chi connectivity index (χ0v) is 9.59. The van der Waals surface area contributed by atoms with E-state index in [0.717, 1.165) is 10.5 Å². The van der Waals surface area contributed by atoms with Gasteiger partial charge >= 0.3 is 5.97 Å². The van der Waals surface area contributed by atoms with Gasteiger partial charge in [-0.05, 0) is 43.4 Å². The van der Waals surface area contributed by atoms with Gasteiger partial charge in [-0.1, -0.05) is 6.07 Å². The second-order valence-electron chi connectivity index (χ2n) is 4.04. The number of rotatable bonds is 3. The zero-order chi connectivity index (χ0) is 10.8. The topological polar surface area (TPSA) is 26.3 Å². The van der Waals surface area contributed by atoms with Crippen LogP contribution in [-0.4, -0.2) is 12.6 Å². The van der Waals surface area contributed by atoms with E-state index in [4.69, 9.17) is 4.74 Å². The second-order valence-corrected chi connectivity index (χ2v) is 4.56. The summed E-state index contributed by atoms with van der Waals surface area (Å²) in [6, 6.07) is 5.51. The molecule has 0 heterocycles. The van der Waals surface area contributed by atoms with Gasteiger partial charge in [-0.2, -0.15) is 0 Å². The molecule has 15 heavy (non-hydrogen) atoms. The van der Waals surface area contributed by atoms with Crippen LogP contribution in [0.1, 0.15) is 28.8 Å². The fourth-order valence-corrected chi connectivity index (χ4v) is 1.59. The maximum absolute atomic E-state index is 11.7. The Hall–Kier alpha value is -0.960. The van der Waals surface area contributed by atoms with Gasteiger partial charge in [0, 0.05) is 4.90 Å². The molecule has 1 saturated carbocycles. The van der Waals surface area contributed by atoms with Crippen molar-refractivity contribution in [1.82, 2.24) is 0 Å². The van der Waals surface area contributed by atoms with Crippen LogP contribution in [0.5, 0.6) is 0 Å². The van der Waals surface area contributed by atoms with Crippen LogP contribution in [0.25, 0.3) is 0 Å². The van der Waals surface area contributed by atoms with Crippen LogP contribution in [0, 0.1) is 12.8 Å². The first kappa shape index (κ1) is 10.6. The Morgan fingerprint density at radius 1 is 1.53 bits per heavy atom. The number of carbonyl (C=O) groups is 1. The molecule has 80 valence electrons. The molecular formula is C12H14O2S. The van der Waals surface area contributed by atoms with E-state index in [9.17, 15) is 4.79 Å². The molecule has 0 amide bonds.